The number of hydrogen-bond acceptors (Lipinski definition) is 5. The monoisotopic (exact) mass is 311 g/mol. The molecule has 0 bridgehead atoms. The second kappa shape index (κ2) is 5.57. The number of halogens is 1. The second-order valence-electron chi connectivity index (χ2n) is 5.16. The van der Waals surface area contributed by atoms with Crippen molar-refractivity contribution in [3.63, 3.8) is 0 Å². The van der Waals surface area contributed by atoms with E-state index in [1.165, 1.54) is 12.3 Å². The van der Waals surface area contributed by atoms with Gasteiger partial charge in [0.15, 0.2) is 0 Å². The van der Waals surface area contributed by atoms with Crippen molar-refractivity contribution in [2.45, 2.75) is 31.4 Å². The van der Waals surface area contributed by atoms with Crippen LogP contribution in [-0.4, -0.2) is 46.0 Å². The standard InChI is InChI=1S/C13H14ClN3O4/c14-12-11(17(19)20)8(4-5-15-12)13(18)16-6-7-21-10-3-1-2-9(10)16/h4-5,9-10H,1-3,6-7H2. The number of morpholine rings is 1. The zero-order valence-electron chi connectivity index (χ0n) is 11.2. The van der Waals surface area contributed by atoms with Crippen molar-refractivity contribution in [2.24, 2.45) is 0 Å². The van der Waals surface area contributed by atoms with Gasteiger partial charge in [-0.25, -0.2) is 4.98 Å². The fraction of sp³-hybridized carbons (Fsp3) is 0.538. The fourth-order valence-corrected chi connectivity index (χ4v) is 3.33. The molecule has 112 valence electrons. The largest absolute Gasteiger partial charge is 0.374 e. The summed E-state index contributed by atoms with van der Waals surface area (Å²) in [5, 5.41) is 10.9. The number of rotatable bonds is 2. The summed E-state index contributed by atoms with van der Waals surface area (Å²) in [5.41, 5.74) is -0.433. The highest BCUT2D eigenvalue weighted by atomic mass is 35.5. The van der Waals surface area contributed by atoms with Gasteiger partial charge >= 0.3 is 5.69 Å². The van der Waals surface area contributed by atoms with Crippen molar-refractivity contribution in [1.29, 1.82) is 0 Å². The second-order valence-corrected chi connectivity index (χ2v) is 5.52. The Morgan fingerprint density at radius 1 is 1.52 bits per heavy atom. The van der Waals surface area contributed by atoms with Crippen molar-refractivity contribution < 1.29 is 14.5 Å². The molecule has 1 saturated carbocycles. The number of pyridine rings is 1. The van der Waals surface area contributed by atoms with Gasteiger partial charge in [0.25, 0.3) is 5.91 Å². The number of amides is 1. The van der Waals surface area contributed by atoms with Crippen LogP contribution in [0.3, 0.4) is 0 Å². The zero-order chi connectivity index (χ0) is 15.0. The smallest absolute Gasteiger partial charge is 0.319 e. The first-order valence-corrected chi connectivity index (χ1v) is 7.19. The molecule has 1 aromatic rings. The van der Waals surface area contributed by atoms with Crippen LogP contribution in [0.1, 0.15) is 29.6 Å². The fourth-order valence-electron chi connectivity index (χ4n) is 3.11. The summed E-state index contributed by atoms with van der Waals surface area (Å²) in [6.07, 6.45) is 4.14. The van der Waals surface area contributed by atoms with Crippen LogP contribution in [0.2, 0.25) is 5.15 Å². The van der Waals surface area contributed by atoms with Crippen LogP contribution < -0.4 is 0 Å². The van der Waals surface area contributed by atoms with E-state index in [9.17, 15) is 14.9 Å². The number of hydrogen-bond donors (Lipinski definition) is 0. The summed E-state index contributed by atoms with van der Waals surface area (Å²) in [5.74, 6) is -0.369. The molecule has 21 heavy (non-hydrogen) atoms. The minimum Gasteiger partial charge on any atom is -0.374 e. The average Bonchev–Trinajstić information content (AvgIpc) is 2.94. The van der Waals surface area contributed by atoms with Crippen molar-refractivity contribution in [3.8, 4) is 0 Å². The predicted molar refractivity (Wildman–Crippen MR) is 74.3 cm³/mol. The third kappa shape index (κ3) is 2.47. The highest BCUT2D eigenvalue weighted by molar-refractivity contribution is 6.32. The molecule has 1 aliphatic heterocycles. The van der Waals surface area contributed by atoms with Crippen molar-refractivity contribution in [1.82, 2.24) is 9.88 Å². The quantitative estimate of drug-likeness (QED) is 0.474. The first-order chi connectivity index (χ1) is 10.1. The number of nitro groups is 1. The van der Waals surface area contributed by atoms with Gasteiger partial charge in [-0.2, -0.15) is 0 Å². The Bertz CT molecular complexity index is 595. The lowest BCUT2D eigenvalue weighted by molar-refractivity contribution is -0.385. The molecule has 2 atom stereocenters. The Morgan fingerprint density at radius 3 is 3.10 bits per heavy atom. The van der Waals surface area contributed by atoms with E-state index in [0.29, 0.717) is 13.2 Å². The zero-order valence-corrected chi connectivity index (χ0v) is 12.0. The lowest BCUT2D eigenvalue weighted by atomic mass is 10.1. The predicted octanol–water partition coefficient (Wildman–Crippen LogP) is 2.04. The third-order valence-electron chi connectivity index (χ3n) is 4.04. The van der Waals surface area contributed by atoms with E-state index in [1.807, 2.05) is 0 Å². The molecule has 0 radical (unpaired) electrons. The molecule has 0 aromatic carbocycles. The number of nitrogens with zero attached hydrogens (tertiary/aromatic N) is 3. The van der Waals surface area contributed by atoms with Crippen LogP contribution >= 0.6 is 11.6 Å². The number of ether oxygens (including phenoxy) is 1. The summed E-state index contributed by atoms with van der Waals surface area (Å²) in [4.78, 5) is 28.5. The molecule has 1 aromatic heterocycles. The van der Waals surface area contributed by atoms with Gasteiger partial charge in [0.1, 0.15) is 5.56 Å². The Kier molecular flexibility index (Phi) is 3.77. The summed E-state index contributed by atoms with van der Waals surface area (Å²) in [7, 11) is 0. The molecule has 1 aliphatic carbocycles. The maximum absolute atomic E-state index is 12.7. The highest BCUT2D eigenvalue weighted by Crippen LogP contribution is 2.33. The maximum atomic E-state index is 12.7. The lowest BCUT2D eigenvalue weighted by Gasteiger charge is -2.37. The first-order valence-electron chi connectivity index (χ1n) is 6.81. The molecule has 3 rings (SSSR count). The molecule has 7 nitrogen and oxygen atoms in total. The average molecular weight is 312 g/mol. The summed E-state index contributed by atoms with van der Waals surface area (Å²) in [6.45, 7) is 0.899. The van der Waals surface area contributed by atoms with Crippen LogP contribution in [0, 0.1) is 10.1 Å². The van der Waals surface area contributed by atoms with E-state index in [4.69, 9.17) is 16.3 Å². The number of carbonyl (C=O) groups excluding carboxylic acids is 1. The Morgan fingerprint density at radius 2 is 2.33 bits per heavy atom. The molecule has 2 aliphatic rings. The van der Waals surface area contributed by atoms with Crippen LogP contribution in [0.5, 0.6) is 0 Å². The van der Waals surface area contributed by atoms with Gasteiger partial charge in [-0.1, -0.05) is 11.6 Å². The SMILES string of the molecule is O=C(c1ccnc(Cl)c1[N+](=O)[O-])N1CCOC2CCCC21. The van der Waals surface area contributed by atoms with E-state index in [2.05, 4.69) is 4.98 Å². The Balaban J connectivity index is 1.95. The van der Waals surface area contributed by atoms with Crippen LogP contribution in [0.4, 0.5) is 5.69 Å². The topological polar surface area (TPSA) is 85.6 Å². The molecule has 0 N–H and O–H groups in total. The normalized spacial score (nSPS) is 24.7. The summed E-state index contributed by atoms with van der Waals surface area (Å²) in [6, 6.07) is 1.35. The minimum absolute atomic E-state index is 0.00204. The summed E-state index contributed by atoms with van der Waals surface area (Å²) >= 11 is 5.77. The molecule has 1 saturated heterocycles. The molecule has 0 spiro atoms. The van der Waals surface area contributed by atoms with Crippen molar-refractivity contribution in [3.05, 3.63) is 33.1 Å². The van der Waals surface area contributed by atoms with Crippen LogP contribution in [-0.2, 0) is 4.74 Å². The van der Waals surface area contributed by atoms with Gasteiger partial charge in [0.05, 0.1) is 23.7 Å². The van der Waals surface area contributed by atoms with E-state index < -0.39 is 10.6 Å². The van der Waals surface area contributed by atoms with E-state index in [1.54, 1.807) is 4.90 Å². The molecule has 2 fully saturated rings. The number of carbonyl (C=O) groups is 1. The molecule has 8 heteroatoms. The van der Waals surface area contributed by atoms with Crippen LogP contribution in [0.15, 0.2) is 12.3 Å². The van der Waals surface area contributed by atoms with Crippen LogP contribution in [0.25, 0.3) is 0 Å². The molecular formula is C13H14ClN3O4. The molecule has 2 heterocycles. The molecular weight excluding hydrogens is 298 g/mol. The Labute approximate surface area is 126 Å². The van der Waals surface area contributed by atoms with Crippen molar-refractivity contribution >= 4 is 23.2 Å². The van der Waals surface area contributed by atoms with E-state index in [0.717, 1.165) is 19.3 Å². The third-order valence-corrected chi connectivity index (χ3v) is 4.31. The molecule has 2 unspecified atom stereocenters. The van der Waals surface area contributed by atoms with E-state index in [-0.39, 0.29) is 28.8 Å². The van der Waals surface area contributed by atoms with Crippen molar-refractivity contribution in [2.75, 3.05) is 13.2 Å². The van der Waals surface area contributed by atoms with Gasteiger partial charge in [0, 0.05) is 12.7 Å². The van der Waals surface area contributed by atoms with Gasteiger partial charge < -0.3 is 9.64 Å². The first kappa shape index (κ1) is 14.2. The lowest BCUT2D eigenvalue weighted by Crippen LogP contribution is -2.51. The minimum atomic E-state index is -0.658. The maximum Gasteiger partial charge on any atom is 0.319 e. The van der Waals surface area contributed by atoms with Gasteiger partial charge in [0.2, 0.25) is 5.15 Å². The number of fused-ring (bicyclic) bond motifs is 1. The van der Waals surface area contributed by atoms with Gasteiger partial charge in [-0.3, -0.25) is 14.9 Å². The summed E-state index contributed by atoms with van der Waals surface area (Å²) < 4.78 is 5.65. The highest BCUT2D eigenvalue weighted by Gasteiger charge is 2.40. The van der Waals surface area contributed by atoms with Gasteiger partial charge in [-0.05, 0) is 25.3 Å². The van der Waals surface area contributed by atoms with Gasteiger partial charge in [-0.15, -0.1) is 0 Å². The number of aromatic nitrogens is 1. The molecule has 1 amide bonds. The Hall–Kier alpha value is -1.73. The van der Waals surface area contributed by atoms with E-state index >= 15 is 0 Å².